The molecule has 0 aliphatic rings. The summed E-state index contributed by atoms with van der Waals surface area (Å²) in [5.41, 5.74) is 1.08. The van der Waals surface area contributed by atoms with E-state index in [1.807, 2.05) is 0 Å². The minimum absolute atomic E-state index is 0.0695. The minimum atomic E-state index is -3.81. The summed E-state index contributed by atoms with van der Waals surface area (Å²) < 4.78 is 27.7. The molecule has 2 aromatic rings. The zero-order valence-corrected chi connectivity index (χ0v) is 16.5. The Kier molecular flexibility index (Phi) is 6.52. The van der Waals surface area contributed by atoms with E-state index in [0.717, 1.165) is 4.47 Å². The fourth-order valence-electron chi connectivity index (χ4n) is 2.06. The summed E-state index contributed by atoms with van der Waals surface area (Å²) in [4.78, 5) is 23.3. The molecule has 0 aliphatic carbocycles. The summed E-state index contributed by atoms with van der Waals surface area (Å²) in [6.07, 6.45) is 0. The maximum absolute atomic E-state index is 12.3. The monoisotopic (exact) mass is 439 g/mol. The van der Waals surface area contributed by atoms with Gasteiger partial charge in [0.2, 0.25) is 21.8 Å². The number of hydrogen-bond donors (Lipinski definition) is 3. The zero-order valence-electron chi connectivity index (χ0n) is 14.1. The summed E-state index contributed by atoms with van der Waals surface area (Å²) >= 11 is 3.24. The van der Waals surface area contributed by atoms with E-state index in [4.69, 9.17) is 0 Å². The molecule has 0 saturated heterocycles. The number of anilines is 2. The van der Waals surface area contributed by atoms with Crippen molar-refractivity contribution in [3.63, 3.8) is 0 Å². The lowest BCUT2D eigenvalue weighted by Crippen LogP contribution is -2.41. The lowest BCUT2D eigenvalue weighted by molar-refractivity contribution is -0.117. The zero-order chi connectivity index (χ0) is 19.3. The van der Waals surface area contributed by atoms with Crippen molar-refractivity contribution in [2.45, 2.75) is 24.8 Å². The third-order valence-electron chi connectivity index (χ3n) is 3.32. The smallest absolute Gasteiger partial charge is 0.242 e. The molecule has 0 aliphatic heterocycles. The van der Waals surface area contributed by atoms with Gasteiger partial charge < -0.3 is 10.6 Å². The van der Waals surface area contributed by atoms with Crippen LogP contribution < -0.4 is 15.4 Å². The standard InChI is InChI=1S/C17H18BrN3O4S/c1-11(21-26(24,25)16-9-3-13(18)4-10-16)17(23)20-15-7-5-14(6-8-15)19-12(2)22/h3-11,21H,1-2H3,(H,19,22)(H,20,23). The van der Waals surface area contributed by atoms with E-state index in [2.05, 4.69) is 31.3 Å². The Morgan fingerprint density at radius 3 is 1.92 bits per heavy atom. The van der Waals surface area contributed by atoms with E-state index in [-0.39, 0.29) is 10.8 Å². The number of halogens is 1. The Morgan fingerprint density at radius 1 is 0.923 bits per heavy atom. The molecule has 9 heteroatoms. The molecule has 0 aromatic heterocycles. The van der Waals surface area contributed by atoms with E-state index in [0.29, 0.717) is 11.4 Å². The van der Waals surface area contributed by atoms with Gasteiger partial charge in [0.25, 0.3) is 0 Å². The number of amides is 2. The molecular formula is C17H18BrN3O4S. The maximum Gasteiger partial charge on any atom is 0.242 e. The highest BCUT2D eigenvalue weighted by atomic mass is 79.9. The van der Waals surface area contributed by atoms with Crippen molar-refractivity contribution in [1.82, 2.24) is 4.72 Å². The van der Waals surface area contributed by atoms with Gasteiger partial charge >= 0.3 is 0 Å². The molecule has 0 bridgehead atoms. The first-order valence-electron chi connectivity index (χ1n) is 7.64. The first-order chi connectivity index (χ1) is 12.2. The van der Waals surface area contributed by atoms with Gasteiger partial charge in [-0.1, -0.05) is 15.9 Å². The molecule has 0 spiro atoms. The fourth-order valence-corrected chi connectivity index (χ4v) is 3.53. The van der Waals surface area contributed by atoms with Crippen LogP contribution in [0.1, 0.15) is 13.8 Å². The van der Waals surface area contributed by atoms with Crippen molar-refractivity contribution in [2.75, 3.05) is 10.6 Å². The van der Waals surface area contributed by atoms with Crippen LogP contribution in [0.4, 0.5) is 11.4 Å². The topological polar surface area (TPSA) is 104 Å². The van der Waals surface area contributed by atoms with E-state index in [9.17, 15) is 18.0 Å². The summed E-state index contributed by atoms with van der Waals surface area (Å²) in [6.45, 7) is 2.85. The number of carbonyl (C=O) groups is 2. The van der Waals surface area contributed by atoms with E-state index in [1.54, 1.807) is 36.4 Å². The van der Waals surface area contributed by atoms with Crippen molar-refractivity contribution in [3.05, 3.63) is 53.0 Å². The Hall–Kier alpha value is -2.23. The van der Waals surface area contributed by atoms with Crippen LogP contribution in [0.15, 0.2) is 57.9 Å². The first kappa shape index (κ1) is 20.1. The summed E-state index contributed by atoms with van der Waals surface area (Å²) in [5.74, 6) is -0.698. The third kappa shape index (κ3) is 5.65. The predicted molar refractivity (Wildman–Crippen MR) is 103 cm³/mol. The Bertz CT molecular complexity index is 897. The SMILES string of the molecule is CC(=O)Nc1ccc(NC(=O)C(C)NS(=O)(=O)c2ccc(Br)cc2)cc1. The van der Waals surface area contributed by atoms with Gasteiger partial charge in [0.05, 0.1) is 10.9 Å². The van der Waals surface area contributed by atoms with Gasteiger partial charge in [0.15, 0.2) is 0 Å². The van der Waals surface area contributed by atoms with Crippen molar-refractivity contribution < 1.29 is 18.0 Å². The highest BCUT2D eigenvalue weighted by Gasteiger charge is 2.22. The largest absolute Gasteiger partial charge is 0.326 e. The number of nitrogens with one attached hydrogen (secondary N) is 3. The quantitative estimate of drug-likeness (QED) is 0.643. The molecule has 0 radical (unpaired) electrons. The number of hydrogen-bond acceptors (Lipinski definition) is 4. The molecule has 1 unspecified atom stereocenters. The lowest BCUT2D eigenvalue weighted by Gasteiger charge is -2.15. The molecule has 2 rings (SSSR count). The summed E-state index contributed by atoms with van der Waals surface area (Å²) in [7, 11) is -3.81. The van der Waals surface area contributed by atoms with Crippen LogP contribution in [0.3, 0.4) is 0 Å². The van der Waals surface area contributed by atoms with Crippen molar-refractivity contribution in [3.8, 4) is 0 Å². The molecule has 2 aromatic carbocycles. The van der Waals surface area contributed by atoms with Gasteiger partial charge in [-0.15, -0.1) is 0 Å². The fraction of sp³-hybridized carbons (Fsp3) is 0.176. The summed E-state index contributed by atoms with van der Waals surface area (Å²) in [5, 5.41) is 5.23. The molecule has 0 fully saturated rings. The highest BCUT2D eigenvalue weighted by molar-refractivity contribution is 9.10. The van der Waals surface area contributed by atoms with Gasteiger partial charge in [0.1, 0.15) is 0 Å². The molecule has 0 saturated carbocycles. The average molecular weight is 440 g/mol. The van der Waals surface area contributed by atoms with Crippen molar-refractivity contribution in [2.24, 2.45) is 0 Å². The van der Waals surface area contributed by atoms with E-state index in [1.165, 1.54) is 26.0 Å². The van der Waals surface area contributed by atoms with E-state index >= 15 is 0 Å². The van der Waals surface area contributed by atoms with Crippen LogP contribution in [0.2, 0.25) is 0 Å². The lowest BCUT2D eigenvalue weighted by atomic mass is 10.2. The molecule has 3 N–H and O–H groups in total. The van der Waals surface area contributed by atoms with Gasteiger partial charge in [0, 0.05) is 22.8 Å². The molecule has 26 heavy (non-hydrogen) atoms. The molecule has 138 valence electrons. The molecule has 7 nitrogen and oxygen atoms in total. The van der Waals surface area contributed by atoms with Crippen LogP contribution in [-0.4, -0.2) is 26.3 Å². The van der Waals surface area contributed by atoms with Crippen LogP contribution in [0, 0.1) is 0 Å². The van der Waals surface area contributed by atoms with Gasteiger partial charge in [-0.05, 0) is 55.5 Å². The molecule has 0 heterocycles. The normalized spacial score (nSPS) is 12.3. The van der Waals surface area contributed by atoms with Crippen LogP contribution >= 0.6 is 15.9 Å². The maximum atomic E-state index is 12.3. The van der Waals surface area contributed by atoms with Crippen molar-refractivity contribution in [1.29, 1.82) is 0 Å². The third-order valence-corrected chi connectivity index (χ3v) is 5.41. The second kappa shape index (κ2) is 8.43. The van der Waals surface area contributed by atoms with Crippen molar-refractivity contribution >= 4 is 49.1 Å². The van der Waals surface area contributed by atoms with Crippen LogP contribution in [-0.2, 0) is 19.6 Å². The van der Waals surface area contributed by atoms with E-state index < -0.39 is 22.0 Å². The van der Waals surface area contributed by atoms with Crippen LogP contribution in [0.5, 0.6) is 0 Å². The molecule has 1 atom stereocenters. The minimum Gasteiger partial charge on any atom is -0.326 e. The Morgan fingerprint density at radius 2 is 1.42 bits per heavy atom. The predicted octanol–water partition coefficient (Wildman–Crippen LogP) is 2.71. The van der Waals surface area contributed by atoms with Gasteiger partial charge in [-0.2, -0.15) is 4.72 Å². The first-order valence-corrected chi connectivity index (χ1v) is 9.91. The van der Waals surface area contributed by atoms with Gasteiger partial charge in [-0.25, -0.2) is 8.42 Å². The Balaban J connectivity index is 2.00. The number of rotatable bonds is 6. The number of sulfonamides is 1. The number of carbonyl (C=O) groups excluding carboxylic acids is 2. The molecule has 2 amide bonds. The van der Waals surface area contributed by atoms with Crippen LogP contribution in [0.25, 0.3) is 0 Å². The second-order valence-corrected chi connectivity index (χ2v) is 8.17. The summed E-state index contributed by atoms with van der Waals surface area (Å²) in [6, 6.07) is 11.6. The molecular weight excluding hydrogens is 422 g/mol. The highest BCUT2D eigenvalue weighted by Crippen LogP contribution is 2.16. The second-order valence-electron chi connectivity index (χ2n) is 5.54. The average Bonchev–Trinajstić information content (AvgIpc) is 2.56. The number of benzene rings is 2. The Labute approximate surface area is 160 Å². The van der Waals surface area contributed by atoms with Gasteiger partial charge in [-0.3, -0.25) is 9.59 Å².